The highest BCUT2D eigenvalue weighted by molar-refractivity contribution is 5.83. The lowest BCUT2D eigenvalue weighted by Crippen LogP contribution is -2.50. The lowest BCUT2D eigenvalue weighted by atomic mass is 9.71. The van der Waals surface area contributed by atoms with Crippen molar-refractivity contribution in [2.45, 2.75) is 45.6 Å². The molecule has 0 heterocycles. The van der Waals surface area contributed by atoms with E-state index >= 15 is 0 Å². The van der Waals surface area contributed by atoms with Gasteiger partial charge in [-0.1, -0.05) is 6.92 Å². The first-order valence-electron chi connectivity index (χ1n) is 7.16. The SMILES string of the molecule is COC(=O)C(C)NC(=O)NCC1(C(=O)O)CCC(C)CC1. The monoisotopic (exact) mass is 300 g/mol. The van der Waals surface area contributed by atoms with Crippen LogP contribution in [0.4, 0.5) is 4.79 Å². The first-order chi connectivity index (χ1) is 9.80. The second kappa shape index (κ2) is 7.28. The van der Waals surface area contributed by atoms with Crippen LogP contribution >= 0.6 is 0 Å². The summed E-state index contributed by atoms with van der Waals surface area (Å²) < 4.78 is 4.50. The Hall–Kier alpha value is -1.79. The Kier molecular flexibility index (Phi) is 5.99. The fourth-order valence-corrected chi connectivity index (χ4v) is 2.51. The Bertz CT molecular complexity index is 402. The average Bonchev–Trinajstić information content (AvgIpc) is 2.45. The lowest BCUT2D eigenvalue weighted by Gasteiger charge is -2.35. The number of carbonyl (C=O) groups is 3. The van der Waals surface area contributed by atoms with Gasteiger partial charge < -0.3 is 20.5 Å². The molecule has 1 saturated carbocycles. The number of carboxylic acids is 1. The van der Waals surface area contributed by atoms with E-state index in [4.69, 9.17) is 0 Å². The van der Waals surface area contributed by atoms with E-state index < -0.39 is 29.4 Å². The zero-order valence-corrected chi connectivity index (χ0v) is 12.8. The molecule has 0 saturated heterocycles. The molecule has 1 aliphatic rings. The van der Waals surface area contributed by atoms with Gasteiger partial charge in [-0.25, -0.2) is 9.59 Å². The summed E-state index contributed by atoms with van der Waals surface area (Å²) in [4.78, 5) is 34.5. The van der Waals surface area contributed by atoms with Crippen LogP contribution in [0.25, 0.3) is 0 Å². The summed E-state index contributed by atoms with van der Waals surface area (Å²) >= 11 is 0. The van der Waals surface area contributed by atoms with Crippen molar-refractivity contribution in [3.8, 4) is 0 Å². The minimum atomic E-state index is -0.904. The quantitative estimate of drug-likeness (QED) is 0.660. The fourth-order valence-electron chi connectivity index (χ4n) is 2.51. The second-order valence-corrected chi connectivity index (χ2v) is 5.84. The summed E-state index contributed by atoms with van der Waals surface area (Å²) in [5.74, 6) is -0.911. The number of carboxylic acid groups (broad SMARTS) is 1. The first-order valence-corrected chi connectivity index (χ1v) is 7.16. The minimum Gasteiger partial charge on any atom is -0.481 e. The molecule has 2 amide bonds. The van der Waals surface area contributed by atoms with Crippen molar-refractivity contribution in [3.63, 3.8) is 0 Å². The minimum absolute atomic E-state index is 0.0643. The molecular formula is C14H24N2O5. The highest BCUT2D eigenvalue weighted by Gasteiger charge is 2.41. The van der Waals surface area contributed by atoms with Crippen molar-refractivity contribution >= 4 is 18.0 Å². The van der Waals surface area contributed by atoms with Crippen molar-refractivity contribution < 1.29 is 24.2 Å². The van der Waals surface area contributed by atoms with Crippen LogP contribution in [0.5, 0.6) is 0 Å². The van der Waals surface area contributed by atoms with Crippen molar-refractivity contribution in [1.82, 2.24) is 10.6 Å². The van der Waals surface area contributed by atoms with Gasteiger partial charge in [0.25, 0.3) is 0 Å². The molecule has 3 N–H and O–H groups in total. The maximum absolute atomic E-state index is 11.7. The van der Waals surface area contributed by atoms with Crippen LogP contribution in [0.1, 0.15) is 39.5 Å². The molecule has 7 heteroatoms. The molecule has 7 nitrogen and oxygen atoms in total. The van der Waals surface area contributed by atoms with E-state index in [0.29, 0.717) is 18.8 Å². The molecule has 1 fully saturated rings. The maximum Gasteiger partial charge on any atom is 0.328 e. The number of esters is 1. The van der Waals surface area contributed by atoms with Gasteiger partial charge >= 0.3 is 18.0 Å². The van der Waals surface area contributed by atoms with Crippen LogP contribution in [0.2, 0.25) is 0 Å². The van der Waals surface area contributed by atoms with Crippen LogP contribution in [0, 0.1) is 11.3 Å². The van der Waals surface area contributed by atoms with Crippen LogP contribution < -0.4 is 10.6 Å². The molecule has 120 valence electrons. The number of aliphatic carboxylic acids is 1. The van der Waals surface area contributed by atoms with E-state index in [0.717, 1.165) is 12.8 Å². The highest BCUT2D eigenvalue weighted by atomic mass is 16.5. The molecule has 0 aromatic carbocycles. The van der Waals surface area contributed by atoms with Gasteiger partial charge in [0.2, 0.25) is 0 Å². The predicted molar refractivity (Wildman–Crippen MR) is 75.7 cm³/mol. The number of nitrogens with one attached hydrogen (secondary N) is 2. The molecule has 21 heavy (non-hydrogen) atoms. The van der Waals surface area contributed by atoms with Gasteiger partial charge in [0.15, 0.2) is 0 Å². The number of hydrogen-bond acceptors (Lipinski definition) is 4. The summed E-state index contributed by atoms with van der Waals surface area (Å²) in [6, 6.07) is -1.34. The smallest absolute Gasteiger partial charge is 0.328 e. The number of hydrogen-bond donors (Lipinski definition) is 3. The Morgan fingerprint density at radius 3 is 2.38 bits per heavy atom. The van der Waals surface area contributed by atoms with Crippen molar-refractivity contribution in [3.05, 3.63) is 0 Å². The van der Waals surface area contributed by atoms with Crippen LogP contribution in [-0.4, -0.2) is 42.8 Å². The second-order valence-electron chi connectivity index (χ2n) is 5.84. The summed E-state index contributed by atoms with van der Waals surface area (Å²) in [6.07, 6.45) is 2.79. The highest BCUT2D eigenvalue weighted by Crippen LogP contribution is 2.38. The summed E-state index contributed by atoms with van der Waals surface area (Å²) in [5.41, 5.74) is -0.904. The molecule has 0 aromatic rings. The molecule has 1 rings (SSSR count). The molecule has 0 radical (unpaired) electrons. The summed E-state index contributed by atoms with van der Waals surface area (Å²) in [5, 5.41) is 14.4. The zero-order valence-electron chi connectivity index (χ0n) is 12.8. The van der Waals surface area contributed by atoms with Crippen LogP contribution in [-0.2, 0) is 14.3 Å². The van der Waals surface area contributed by atoms with E-state index in [1.54, 1.807) is 0 Å². The van der Waals surface area contributed by atoms with E-state index in [1.807, 2.05) is 0 Å². The normalized spacial score (nSPS) is 26.5. The fraction of sp³-hybridized carbons (Fsp3) is 0.786. The Morgan fingerprint density at radius 2 is 1.90 bits per heavy atom. The van der Waals surface area contributed by atoms with Gasteiger partial charge in [0.05, 0.1) is 12.5 Å². The first kappa shape index (κ1) is 17.3. The molecule has 1 atom stereocenters. The third-order valence-electron chi connectivity index (χ3n) is 4.17. The summed E-state index contributed by atoms with van der Waals surface area (Å²) in [6.45, 7) is 3.67. The Morgan fingerprint density at radius 1 is 1.33 bits per heavy atom. The standard InChI is InChI=1S/C14H24N2O5/c1-9-4-6-14(7-5-9,12(18)19)8-15-13(20)16-10(2)11(17)21-3/h9-10H,4-8H2,1-3H3,(H,18,19)(H2,15,16,20). The average molecular weight is 300 g/mol. The molecule has 0 spiro atoms. The number of ether oxygens (including phenoxy) is 1. The third kappa shape index (κ3) is 4.61. The van der Waals surface area contributed by atoms with Gasteiger partial charge in [-0.15, -0.1) is 0 Å². The number of methoxy groups -OCH3 is 1. The largest absolute Gasteiger partial charge is 0.481 e. The van der Waals surface area contributed by atoms with Crippen LogP contribution in [0.15, 0.2) is 0 Å². The van der Waals surface area contributed by atoms with Gasteiger partial charge in [-0.3, -0.25) is 4.79 Å². The third-order valence-corrected chi connectivity index (χ3v) is 4.17. The van der Waals surface area contributed by atoms with E-state index in [1.165, 1.54) is 14.0 Å². The van der Waals surface area contributed by atoms with Crippen molar-refractivity contribution in [1.29, 1.82) is 0 Å². The van der Waals surface area contributed by atoms with Crippen molar-refractivity contribution in [2.24, 2.45) is 11.3 Å². The summed E-state index contributed by atoms with van der Waals surface area (Å²) in [7, 11) is 1.24. The van der Waals surface area contributed by atoms with E-state index in [-0.39, 0.29) is 6.54 Å². The predicted octanol–water partition coefficient (Wildman–Crippen LogP) is 1.13. The molecular weight excluding hydrogens is 276 g/mol. The molecule has 0 bridgehead atoms. The lowest BCUT2D eigenvalue weighted by molar-refractivity contribution is -0.151. The van der Waals surface area contributed by atoms with Crippen LogP contribution in [0.3, 0.4) is 0 Å². The Labute approximate surface area is 124 Å². The van der Waals surface area contributed by atoms with Gasteiger partial charge in [0, 0.05) is 6.54 Å². The van der Waals surface area contributed by atoms with Gasteiger partial charge in [0.1, 0.15) is 6.04 Å². The topological polar surface area (TPSA) is 105 Å². The number of carbonyl (C=O) groups excluding carboxylic acids is 2. The number of rotatable bonds is 5. The molecule has 0 aromatic heterocycles. The molecule has 0 aliphatic heterocycles. The van der Waals surface area contributed by atoms with Gasteiger partial charge in [-0.2, -0.15) is 0 Å². The van der Waals surface area contributed by atoms with E-state index in [2.05, 4.69) is 22.3 Å². The molecule has 1 unspecified atom stereocenters. The number of urea groups is 1. The van der Waals surface area contributed by atoms with E-state index in [9.17, 15) is 19.5 Å². The Balaban J connectivity index is 2.52. The zero-order chi connectivity index (χ0) is 16.0. The maximum atomic E-state index is 11.7. The number of amides is 2. The van der Waals surface area contributed by atoms with Crippen molar-refractivity contribution in [2.75, 3.05) is 13.7 Å². The van der Waals surface area contributed by atoms with Gasteiger partial charge in [-0.05, 0) is 38.5 Å². The molecule has 1 aliphatic carbocycles.